The minimum absolute atomic E-state index is 0.142. The Hall–Kier alpha value is -1.00. The highest BCUT2D eigenvalue weighted by Gasteiger charge is 2.24. The van der Waals surface area contributed by atoms with Crippen LogP contribution in [0.15, 0.2) is 29.2 Å². The van der Waals surface area contributed by atoms with Crippen LogP contribution in [0.3, 0.4) is 0 Å². The lowest BCUT2D eigenvalue weighted by Crippen LogP contribution is -2.40. The lowest BCUT2D eigenvalue weighted by Gasteiger charge is -2.27. The number of nitrogens with one attached hydrogen (secondary N) is 2. The molecule has 1 aliphatic heterocycles. The molecule has 2 atom stereocenters. The van der Waals surface area contributed by atoms with E-state index >= 15 is 0 Å². The van der Waals surface area contributed by atoms with E-state index in [4.69, 9.17) is 0 Å². The molecule has 1 heterocycles. The van der Waals surface area contributed by atoms with Gasteiger partial charge in [0.25, 0.3) is 0 Å². The zero-order valence-electron chi connectivity index (χ0n) is 13.3. The predicted molar refractivity (Wildman–Crippen MR) is 93.4 cm³/mol. The molecule has 3 rings (SSSR count). The summed E-state index contributed by atoms with van der Waals surface area (Å²) in [5, 5.41) is 7.26. The Balaban J connectivity index is 1.52. The first kappa shape index (κ1) is 15.9. The maximum Gasteiger partial charge on any atom is 0.227 e. The van der Waals surface area contributed by atoms with E-state index in [-0.39, 0.29) is 11.8 Å². The first-order valence-corrected chi connectivity index (χ1v) is 9.39. The minimum atomic E-state index is 0.142. The van der Waals surface area contributed by atoms with E-state index in [1.807, 2.05) is 23.9 Å². The summed E-state index contributed by atoms with van der Waals surface area (Å²) in [5.74, 6) is 0.313. The van der Waals surface area contributed by atoms with Crippen molar-refractivity contribution in [2.24, 2.45) is 5.92 Å². The van der Waals surface area contributed by atoms with Gasteiger partial charge < -0.3 is 10.6 Å². The number of piperidine rings is 1. The van der Waals surface area contributed by atoms with E-state index < -0.39 is 0 Å². The van der Waals surface area contributed by atoms with Gasteiger partial charge in [-0.05, 0) is 63.4 Å². The quantitative estimate of drug-likeness (QED) is 0.880. The van der Waals surface area contributed by atoms with Gasteiger partial charge in [-0.15, -0.1) is 11.8 Å². The molecule has 1 saturated heterocycles. The number of rotatable bonds is 4. The zero-order chi connectivity index (χ0) is 15.4. The molecule has 1 aliphatic carbocycles. The second kappa shape index (κ2) is 7.51. The fraction of sp³-hybridized carbons (Fsp3) is 0.611. The average molecular weight is 318 g/mol. The molecule has 120 valence electrons. The van der Waals surface area contributed by atoms with Crippen molar-refractivity contribution in [3.05, 3.63) is 24.3 Å². The highest BCUT2D eigenvalue weighted by atomic mass is 32.2. The highest BCUT2D eigenvalue weighted by molar-refractivity contribution is 8.00. The van der Waals surface area contributed by atoms with Crippen LogP contribution < -0.4 is 10.6 Å². The summed E-state index contributed by atoms with van der Waals surface area (Å²) in [5.41, 5.74) is 0.923. The summed E-state index contributed by atoms with van der Waals surface area (Å²) in [6.45, 7) is 3.09. The van der Waals surface area contributed by atoms with E-state index in [9.17, 15) is 4.79 Å². The van der Waals surface area contributed by atoms with Gasteiger partial charge in [0.05, 0.1) is 0 Å². The van der Waals surface area contributed by atoms with Gasteiger partial charge in [0.1, 0.15) is 0 Å². The number of hydrogen-bond acceptors (Lipinski definition) is 3. The topological polar surface area (TPSA) is 41.1 Å². The lowest BCUT2D eigenvalue weighted by molar-refractivity contribution is -0.120. The van der Waals surface area contributed by atoms with Crippen LogP contribution in [-0.4, -0.2) is 23.7 Å². The van der Waals surface area contributed by atoms with Crippen LogP contribution in [0.25, 0.3) is 0 Å². The van der Waals surface area contributed by atoms with E-state index in [1.165, 1.54) is 30.6 Å². The highest BCUT2D eigenvalue weighted by Crippen LogP contribution is 2.35. The summed E-state index contributed by atoms with van der Waals surface area (Å²) < 4.78 is 0. The first-order chi connectivity index (χ1) is 10.7. The SMILES string of the molecule is C[C@H]1C[C@@H](C(=O)Nc2ccc(SC3CCCC3)cc2)CCN1. The van der Waals surface area contributed by atoms with E-state index in [1.54, 1.807) is 0 Å². The second-order valence-corrected chi connectivity index (χ2v) is 7.99. The van der Waals surface area contributed by atoms with Crippen molar-refractivity contribution in [1.29, 1.82) is 0 Å². The molecule has 2 fully saturated rings. The Morgan fingerprint density at radius 2 is 1.91 bits per heavy atom. The average Bonchev–Trinajstić information content (AvgIpc) is 3.02. The standard InChI is InChI=1S/C18H26N2OS/c1-13-12-14(10-11-19-13)18(21)20-15-6-8-17(9-7-15)22-16-4-2-3-5-16/h6-9,13-14,16,19H,2-5,10-12H2,1H3,(H,20,21)/t13-,14-/m0/s1. The van der Waals surface area contributed by atoms with Gasteiger partial charge in [-0.3, -0.25) is 4.79 Å². The number of hydrogen-bond donors (Lipinski definition) is 2. The molecular weight excluding hydrogens is 292 g/mol. The van der Waals surface area contributed by atoms with Gasteiger partial charge in [0, 0.05) is 27.8 Å². The van der Waals surface area contributed by atoms with E-state index in [0.717, 1.165) is 30.3 Å². The van der Waals surface area contributed by atoms with Gasteiger partial charge in [-0.2, -0.15) is 0 Å². The van der Waals surface area contributed by atoms with Crippen LogP contribution >= 0.6 is 11.8 Å². The Labute approximate surface area is 137 Å². The van der Waals surface area contributed by atoms with Crippen molar-refractivity contribution >= 4 is 23.4 Å². The van der Waals surface area contributed by atoms with Crippen molar-refractivity contribution in [2.75, 3.05) is 11.9 Å². The molecule has 1 aromatic carbocycles. The van der Waals surface area contributed by atoms with E-state index in [0.29, 0.717) is 6.04 Å². The van der Waals surface area contributed by atoms with Crippen LogP contribution in [-0.2, 0) is 4.79 Å². The lowest BCUT2D eigenvalue weighted by atomic mass is 9.92. The van der Waals surface area contributed by atoms with Crippen molar-refractivity contribution in [2.45, 2.75) is 61.6 Å². The monoisotopic (exact) mass is 318 g/mol. The molecular formula is C18H26N2OS. The fourth-order valence-electron chi connectivity index (χ4n) is 3.43. The third-order valence-electron chi connectivity index (χ3n) is 4.72. The molecule has 2 aliphatic rings. The van der Waals surface area contributed by atoms with E-state index in [2.05, 4.69) is 29.7 Å². The third-order valence-corrected chi connectivity index (χ3v) is 6.07. The number of benzene rings is 1. The largest absolute Gasteiger partial charge is 0.326 e. The molecule has 4 heteroatoms. The Kier molecular flexibility index (Phi) is 5.42. The Morgan fingerprint density at radius 3 is 2.59 bits per heavy atom. The smallest absolute Gasteiger partial charge is 0.227 e. The van der Waals surface area contributed by atoms with Crippen LogP contribution in [0.5, 0.6) is 0 Å². The molecule has 1 saturated carbocycles. The van der Waals surface area contributed by atoms with Crippen LogP contribution in [0.4, 0.5) is 5.69 Å². The molecule has 2 N–H and O–H groups in total. The van der Waals surface area contributed by atoms with Crippen LogP contribution in [0, 0.1) is 5.92 Å². The Bertz CT molecular complexity index is 496. The fourth-order valence-corrected chi connectivity index (χ4v) is 4.68. The number of anilines is 1. The summed E-state index contributed by atoms with van der Waals surface area (Å²) in [7, 11) is 0. The maximum atomic E-state index is 12.3. The molecule has 22 heavy (non-hydrogen) atoms. The molecule has 0 unspecified atom stereocenters. The molecule has 0 bridgehead atoms. The molecule has 0 aromatic heterocycles. The van der Waals surface area contributed by atoms with Gasteiger partial charge in [0.15, 0.2) is 0 Å². The zero-order valence-corrected chi connectivity index (χ0v) is 14.1. The number of amides is 1. The predicted octanol–water partition coefficient (Wildman–Crippen LogP) is 4.05. The molecule has 0 spiro atoms. The van der Waals surface area contributed by atoms with Crippen molar-refractivity contribution in [3.63, 3.8) is 0 Å². The Morgan fingerprint density at radius 1 is 1.18 bits per heavy atom. The summed E-state index contributed by atoms with van der Waals surface area (Å²) >= 11 is 1.99. The number of carbonyl (C=O) groups excluding carboxylic acids is 1. The number of thioether (sulfide) groups is 1. The summed E-state index contributed by atoms with van der Waals surface area (Å²) in [6, 6.07) is 8.81. The van der Waals surface area contributed by atoms with Crippen LogP contribution in [0.1, 0.15) is 45.4 Å². The maximum absolute atomic E-state index is 12.3. The second-order valence-electron chi connectivity index (χ2n) is 6.61. The molecule has 1 amide bonds. The number of carbonyl (C=O) groups is 1. The summed E-state index contributed by atoms with van der Waals surface area (Å²) in [4.78, 5) is 13.7. The first-order valence-electron chi connectivity index (χ1n) is 8.51. The third kappa shape index (κ3) is 4.26. The van der Waals surface area contributed by atoms with Crippen molar-refractivity contribution < 1.29 is 4.79 Å². The molecule has 1 aromatic rings. The van der Waals surface area contributed by atoms with Crippen molar-refractivity contribution in [1.82, 2.24) is 5.32 Å². The van der Waals surface area contributed by atoms with Gasteiger partial charge in [-0.25, -0.2) is 0 Å². The molecule has 3 nitrogen and oxygen atoms in total. The van der Waals surface area contributed by atoms with Crippen LogP contribution in [0.2, 0.25) is 0 Å². The molecule has 0 radical (unpaired) electrons. The van der Waals surface area contributed by atoms with Gasteiger partial charge in [-0.1, -0.05) is 12.8 Å². The van der Waals surface area contributed by atoms with Gasteiger partial charge in [0.2, 0.25) is 5.91 Å². The normalized spacial score (nSPS) is 26.0. The van der Waals surface area contributed by atoms with Gasteiger partial charge >= 0.3 is 0 Å². The van der Waals surface area contributed by atoms with Crippen molar-refractivity contribution in [3.8, 4) is 0 Å². The summed E-state index contributed by atoms with van der Waals surface area (Å²) in [6.07, 6.45) is 7.31. The minimum Gasteiger partial charge on any atom is -0.326 e.